The molecular weight excluding hydrogens is 306 g/mol. The first-order valence-corrected chi connectivity index (χ1v) is 8.87. The zero-order chi connectivity index (χ0) is 16.8. The molecule has 6 heteroatoms. The number of morpholine rings is 2. The lowest BCUT2D eigenvalue weighted by Gasteiger charge is -2.33. The molecule has 0 unspecified atom stereocenters. The van der Waals surface area contributed by atoms with E-state index < -0.39 is 0 Å². The predicted octanol–water partition coefficient (Wildman–Crippen LogP) is 2.10. The number of carbonyl (C=O) groups is 1. The third kappa shape index (κ3) is 4.19. The highest BCUT2D eigenvalue weighted by atomic mass is 16.5. The van der Waals surface area contributed by atoms with Gasteiger partial charge in [0.25, 0.3) is 0 Å². The van der Waals surface area contributed by atoms with E-state index in [0.717, 1.165) is 70.4 Å². The fraction of sp³-hybridized carbons (Fsp3) is 0.611. The number of carbonyl (C=O) groups excluding carboxylic acids is 1. The van der Waals surface area contributed by atoms with Crippen LogP contribution in [-0.4, -0.2) is 58.5 Å². The molecule has 24 heavy (non-hydrogen) atoms. The summed E-state index contributed by atoms with van der Waals surface area (Å²) in [7, 11) is 0. The number of nitrogens with one attached hydrogen (secondary N) is 1. The van der Waals surface area contributed by atoms with E-state index >= 15 is 0 Å². The molecule has 0 aliphatic carbocycles. The number of nitrogens with zero attached hydrogens (tertiary/aromatic N) is 2. The van der Waals surface area contributed by atoms with Crippen LogP contribution in [0.3, 0.4) is 0 Å². The van der Waals surface area contributed by atoms with Crippen molar-refractivity contribution in [1.29, 1.82) is 0 Å². The molecular formula is C18H27N3O3. The summed E-state index contributed by atoms with van der Waals surface area (Å²) >= 11 is 0. The molecule has 0 aromatic heterocycles. The molecule has 2 aliphatic heterocycles. The minimum Gasteiger partial charge on any atom is -0.378 e. The molecule has 6 nitrogen and oxygen atoms in total. The number of rotatable bonds is 5. The Morgan fingerprint density at radius 1 is 1.04 bits per heavy atom. The van der Waals surface area contributed by atoms with Gasteiger partial charge in [0.15, 0.2) is 0 Å². The number of amides is 1. The Labute approximate surface area is 143 Å². The standard InChI is InChI=1S/C18H27N3O3/c1-2-3-18(22)19-16-5-4-15(20-6-10-23-11-7-20)14-17(16)21-8-12-24-13-9-21/h4-5,14H,2-3,6-13H2,1H3,(H,19,22). The summed E-state index contributed by atoms with van der Waals surface area (Å²) in [5, 5.41) is 3.07. The van der Waals surface area contributed by atoms with Crippen LogP contribution >= 0.6 is 0 Å². The molecule has 1 aromatic rings. The second kappa shape index (κ2) is 8.35. The van der Waals surface area contributed by atoms with Gasteiger partial charge in [-0.05, 0) is 24.6 Å². The summed E-state index contributed by atoms with van der Waals surface area (Å²) in [5.41, 5.74) is 3.17. The Kier molecular flexibility index (Phi) is 5.93. The maximum absolute atomic E-state index is 12.1. The van der Waals surface area contributed by atoms with E-state index in [-0.39, 0.29) is 5.91 Å². The quantitative estimate of drug-likeness (QED) is 0.894. The first kappa shape index (κ1) is 17.0. The summed E-state index contributed by atoms with van der Waals surface area (Å²) in [6.07, 6.45) is 1.40. The Bertz CT molecular complexity index is 552. The molecule has 0 spiro atoms. The van der Waals surface area contributed by atoms with E-state index in [1.54, 1.807) is 0 Å². The van der Waals surface area contributed by atoms with E-state index in [0.29, 0.717) is 6.42 Å². The summed E-state index contributed by atoms with van der Waals surface area (Å²) in [6.45, 7) is 8.52. The average Bonchev–Trinajstić information content (AvgIpc) is 2.64. The molecule has 0 atom stereocenters. The topological polar surface area (TPSA) is 54.0 Å². The van der Waals surface area contributed by atoms with Crippen LogP contribution in [-0.2, 0) is 14.3 Å². The van der Waals surface area contributed by atoms with Gasteiger partial charge in [-0.25, -0.2) is 0 Å². The van der Waals surface area contributed by atoms with Crippen LogP contribution < -0.4 is 15.1 Å². The van der Waals surface area contributed by atoms with Crippen LogP contribution in [0.25, 0.3) is 0 Å². The van der Waals surface area contributed by atoms with Crippen molar-refractivity contribution in [2.75, 3.05) is 67.7 Å². The maximum Gasteiger partial charge on any atom is 0.224 e. The van der Waals surface area contributed by atoms with E-state index in [1.165, 1.54) is 5.69 Å². The summed E-state index contributed by atoms with van der Waals surface area (Å²) in [5.74, 6) is 0.0751. The van der Waals surface area contributed by atoms with Crippen LogP contribution in [0.15, 0.2) is 18.2 Å². The monoisotopic (exact) mass is 333 g/mol. The normalized spacial score (nSPS) is 18.5. The fourth-order valence-electron chi connectivity index (χ4n) is 3.15. The van der Waals surface area contributed by atoms with Gasteiger partial charge in [-0.1, -0.05) is 6.92 Å². The third-order valence-corrected chi connectivity index (χ3v) is 4.46. The van der Waals surface area contributed by atoms with Crippen molar-refractivity contribution in [2.45, 2.75) is 19.8 Å². The highest BCUT2D eigenvalue weighted by Crippen LogP contribution is 2.32. The third-order valence-electron chi connectivity index (χ3n) is 4.46. The second-order valence-electron chi connectivity index (χ2n) is 6.20. The highest BCUT2D eigenvalue weighted by Gasteiger charge is 2.19. The molecule has 2 saturated heterocycles. The first-order chi connectivity index (χ1) is 11.8. The van der Waals surface area contributed by atoms with E-state index in [1.807, 2.05) is 13.0 Å². The molecule has 1 aromatic carbocycles. The van der Waals surface area contributed by atoms with E-state index in [9.17, 15) is 4.79 Å². The molecule has 3 rings (SSSR count). The van der Waals surface area contributed by atoms with Crippen LogP contribution in [0.5, 0.6) is 0 Å². The molecule has 0 saturated carbocycles. The SMILES string of the molecule is CCCC(=O)Nc1ccc(N2CCOCC2)cc1N1CCOCC1. The van der Waals surface area contributed by atoms with Gasteiger partial charge in [-0.15, -0.1) is 0 Å². The van der Waals surface area contributed by atoms with Gasteiger partial charge in [-0.3, -0.25) is 4.79 Å². The lowest BCUT2D eigenvalue weighted by Crippen LogP contribution is -2.38. The molecule has 2 heterocycles. The Balaban J connectivity index is 1.84. The van der Waals surface area contributed by atoms with Gasteiger partial charge in [0, 0.05) is 38.3 Å². The largest absolute Gasteiger partial charge is 0.378 e. The molecule has 2 fully saturated rings. The van der Waals surface area contributed by atoms with Gasteiger partial charge in [0.1, 0.15) is 0 Å². The summed E-state index contributed by atoms with van der Waals surface area (Å²) in [4.78, 5) is 16.7. The fourth-order valence-corrected chi connectivity index (χ4v) is 3.15. The highest BCUT2D eigenvalue weighted by molar-refractivity contribution is 5.95. The maximum atomic E-state index is 12.1. The van der Waals surface area contributed by atoms with Gasteiger partial charge >= 0.3 is 0 Å². The van der Waals surface area contributed by atoms with Gasteiger partial charge < -0.3 is 24.6 Å². The van der Waals surface area contributed by atoms with E-state index in [4.69, 9.17) is 9.47 Å². The van der Waals surface area contributed by atoms with E-state index in [2.05, 4.69) is 27.2 Å². The van der Waals surface area contributed by atoms with Gasteiger partial charge in [-0.2, -0.15) is 0 Å². The molecule has 132 valence electrons. The van der Waals surface area contributed by atoms with Crippen molar-refractivity contribution in [3.8, 4) is 0 Å². The number of hydrogen-bond acceptors (Lipinski definition) is 5. The van der Waals surface area contributed by atoms with Crippen molar-refractivity contribution in [3.63, 3.8) is 0 Å². The molecule has 0 bridgehead atoms. The Hall–Kier alpha value is -1.79. The van der Waals surface area contributed by atoms with Crippen LogP contribution in [0.1, 0.15) is 19.8 Å². The van der Waals surface area contributed by atoms with Crippen LogP contribution in [0, 0.1) is 0 Å². The van der Waals surface area contributed by atoms with Crippen LogP contribution in [0.4, 0.5) is 17.1 Å². The Morgan fingerprint density at radius 3 is 2.29 bits per heavy atom. The smallest absolute Gasteiger partial charge is 0.224 e. The molecule has 1 N–H and O–H groups in total. The lowest BCUT2D eigenvalue weighted by atomic mass is 10.1. The summed E-state index contributed by atoms with van der Waals surface area (Å²) in [6, 6.07) is 6.32. The second-order valence-corrected chi connectivity index (χ2v) is 6.20. The van der Waals surface area contributed by atoms with Gasteiger partial charge in [0.2, 0.25) is 5.91 Å². The minimum absolute atomic E-state index is 0.0751. The lowest BCUT2D eigenvalue weighted by molar-refractivity contribution is -0.116. The van der Waals surface area contributed by atoms with Crippen LogP contribution in [0.2, 0.25) is 0 Å². The predicted molar refractivity (Wildman–Crippen MR) is 96.0 cm³/mol. The number of ether oxygens (including phenoxy) is 2. The number of anilines is 3. The van der Waals surface area contributed by atoms with Crippen molar-refractivity contribution in [2.24, 2.45) is 0 Å². The zero-order valence-electron chi connectivity index (χ0n) is 14.4. The number of hydrogen-bond donors (Lipinski definition) is 1. The Morgan fingerprint density at radius 2 is 1.67 bits per heavy atom. The average molecular weight is 333 g/mol. The molecule has 1 amide bonds. The number of benzene rings is 1. The van der Waals surface area contributed by atoms with Crippen molar-refractivity contribution in [3.05, 3.63) is 18.2 Å². The first-order valence-electron chi connectivity index (χ1n) is 8.87. The zero-order valence-corrected chi connectivity index (χ0v) is 14.4. The van der Waals surface area contributed by atoms with Crippen molar-refractivity contribution in [1.82, 2.24) is 0 Å². The summed E-state index contributed by atoms with van der Waals surface area (Å²) < 4.78 is 10.9. The molecule has 0 radical (unpaired) electrons. The van der Waals surface area contributed by atoms with Crippen molar-refractivity contribution >= 4 is 23.0 Å². The van der Waals surface area contributed by atoms with Gasteiger partial charge in [0.05, 0.1) is 37.8 Å². The van der Waals surface area contributed by atoms with Crippen molar-refractivity contribution < 1.29 is 14.3 Å². The molecule has 2 aliphatic rings. The minimum atomic E-state index is 0.0751.